The quantitative estimate of drug-likeness (QED) is 0.0348. The van der Waals surface area contributed by atoms with E-state index in [1.165, 1.54) is 52.8 Å². The molecule has 11 rings (SSSR count). The molecule has 3 radical (unpaired) electrons. The van der Waals surface area contributed by atoms with Crippen LogP contribution in [0.15, 0.2) is 141 Å². The van der Waals surface area contributed by atoms with Crippen LogP contribution in [0.1, 0.15) is 193 Å². The zero-order valence-electron chi connectivity index (χ0n) is 85.2. The van der Waals surface area contributed by atoms with E-state index in [0.29, 0.717) is 25.0 Å². The second kappa shape index (κ2) is 60.3. The number of alkyl halides is 3. The molecule has 6 aromatic carbocycles. The van der Waals surface area contributed by atoms with Crippen molar-refractivity contribution in [2.75, 3.05) is 136 Å². The zero-order valence-corrected chi connectivity index (χ0v) is 94.7. The summed E-state index contributed by atoms with van der Waals surface area (Å²) in [5.41, 5.74) is 11.4. The van der Waals surface area contributed by atoms with Crippen LogP contribution in [-0.2, 0) is 76.4 Å². The number of nitrogens with one attached hydrogen (secondary N) is 1. The number of piperidine rings is 1. The molecule has 6 aromatic rings. The van der Waals surface area contributed by atoms with Crippen LogP contribution >= 0.6 is 101 Å². The molecule has 135 heavy (non-hydrogen) atoms. The summed E-state index contributed by atoms with van der Waals surface area (Å²) in [6.07, 6.45) is 13.7. The van der Waals surface area contributed by atoms with Crippen LogP contribution in [0.5, 0.6) is 0 Å². The van der Waals surface area contributed by atoms with Crippen molar-refractivity contribution in [2.24, 2.45) is 34.4 Å². The van der Waals surface area contributed by atoms with Gasteiger partial charge >= 0.3 is 64.5 Å². The molecule has 35 heteroatoms. The molecule has 5 aliphatic heterocycles. The van der Waals surface area contributed by atoms with Gasteiger partial charge in [-0.25, -0.2) is 14.5 Å². The number of benzene rings is 6. The molecular weight excluding hydrogens is 2010 g/mol. The fourth-order valence-electron chi connectivity index (χ4n) is 13.7. The van der Waals surface area contributed by atoms with E-state index in [4.69, 9.17) is 98.9 Å². The minimum atomic E-state index is -5.84. The van der Waals surface area contributed by atoms with Crippen molar-refractivity contribution < 1.29 is 89.9 Å². The molecule has 0 spiro atoms. The maximum atomic E-state index is 12.7. The second-order valence-electron chi connectivity index (χ2n) is 38.7. The molecule has 2 amide bonds. The molecule has 5 atom stereocenters. The Balaban J connectivity index is 0.000000797. The van der Waals surface area contributed by atoms with Gasteiger partial charge in [0.2, 0.25) is 5.88 Å². The van der Waals surface area contributed by atoms with E-state index in [1.54, 1.807) is 32.6 Å². The van der Waals surface area contributed by atoms with Crippen molar-refractivity contribution in [1.82, 2.24) is 39.6 Å². The van der Waals surface area contributed by atoms with Crippen LogP contribution < -0.4 is 46.1 Å². The fourth-order valence-corrected chi connectivity index (χ4v) is 16.8. The van der Waals surface area contributed by atoms with Crippen LogP contribution in [0.2, 0.25) is 30.1 Å². The van der Waals surface area contributed by atoms with Gasteiger partial charge in [0.05, 0.1) is 16.9 Å². The average Bonchev–Trinajstić information content (AvgIpc) is 1.62. The predicted octanol–water partition coefficient (Wildman–Crippen LogP) is 20.3. The first-order chi connectivity index (χ1) is 61.9. The molecular formula is C100H147B2Br2Cl6F3N10NaO10S. The van der Waals surface area contributed by atoms with Crippen molar-refractivity contribution in [3.05, 3.63) is 216 Å². The number of carbonyl (C=O) groups is 3. The Morgan fingerprint density at radius 2 is 0.919 bits per heavy atom. The number of hydrogen-bond donors (Lipinski definition) is 2. The monoisotopic (exact) mass is 2150 g/mol. The van der Waals surface area contributed by atoms with Crippen LogP contribution in [0, 0.1) is 23.7 Å². The molecule has 0 bridgehead atoms. The van der Waals surface area contributed by atoms with Crippen LogP contribution in [0.25, 0.3) is 5.70 Å². The molecule has 747 valence electrons. The molecule has 3 N–H and O–H groups in total. The summed E-state index contributed by atoms with van der Waals surface area (Å²) in [6.45, 7) is 37.5. The number of ether oxygens (including phenoxy) is 2. The van der Waals surface area contributed by atoms with E-state index in [9.17, 15) is 31.2 Å². The number of nitrogens with zero attached hydrogens (tertiary/aromatic N) is 8. The standard InChI is InChI=1S/C21H31ClN2O2.C16H25BClNO2.C16H25ClN2.C16H23ClN2.C12H18F3NO5S.C10H13BrClN.C8H9BrClN.CH2O.B.Na.H/c1-15-7-10-19(24(14-15)20(25)26-21(2,3)4)17-9-8-16(18(22)13-17)11-12-23(5)6;1-15(2)16(3,4)21-17(20-15)13-8-7-12(14(18)11-13)9-10-19(5)6;2*1-12-4-7-16(18-11-12)14-6-5-13(15(17)10-14)8-9-19(2)3;1-8-5-6-9(21-22(18,19)12(13,14)15)16(7-8)10(17)20-11(2,3)4;1-13(2)6-5-8-3-4-9(11)7-10(8)12;9-7-2-1-6(3-4-11)8(10)5-7;1-2;;;/h8-10,13,15H,7,11-12,14H2,1-6H3;7-8,11H,9-10H2,1-6H3;5-6,10,12,16,18H,4,7-9,11H2,1-3H3;5-6,10,12H,4,7-9,11H2,1-3H3;6,8H,5,7H2,1-4H3;3-4,7H,5-6H2,1-2H3;1-2,5H,3-4,11H2;1H2;;;/q;;;;;;;;;+1;-1/t15-;;12-,16+;12-;8-;;;;;;/m0.000....../s1. The van der Waals surface area contributed by atoms with Crippen LogP contribution in [-0.4, -0.2) is 247 Å². The number of likely N-dealkylation sites (N-methyl/N-ethyl adjacent to an activating group) is 5. The first-order valence-corrected chi connectivity index (χ1v) is 50.4. The minimum Gasteiger partial charge on any atom is -1.00 e. The fraction of sp³-hybridized carbons (Fsp3) is 0.560. The molecule has 2 fully saturated rings. The summed E-state index contributed by atoms with van der Waals surface area (Å²) in [5, 5.41) is 8.56. The van der Waals surface area contributed by atoms with E-state index in [-0.39, 0.29) is 82.7 Å². The Bertz CT molecular complexity index is 4870. The number of rotatable bonds is 23. The maximum absolute atomic E-state index is 12.7. The maximum Gasteiger partial charge on any atom is 1.00 e. The second-order valence-corrected chi connectivity index (χ2v) is 44.5. The normalized spacial score (nSPS) is 18.0. The van der Waals surface area contributed by atoms with Crippen molar-refractivity contribution in [2.45, 2.75) is 208 Å². The third-order valence-corrected chi connectivity index (χ3v) is 26.2. The van der Waals surface area contributed by atoms with Crippen LogP contribution in [0.4, 0.5) is 22.8 Å². The first-order valence-electron chi connectivity index (χ1n) is 45.2. The Hall–Kier alpha value is -4.31. The van der Waals surface area contributed by atoms with Gasteiger partial charge in [-0.2, -0.15) is 21.6 Å². The first kappa shape index (κ1) is 127. The molecule has 0 aromatic heterocycles. The number of amides is 2. The molecule has 0 unspecified atom stereocenters. The van der Waals surface area contributed by atoms with Gasteiger partial charge in [0.15, 0.2) is 0 Å². The largest absolute Gasteiger partial charge is 1.00 e. The molecule has 0 saturated carbocycles. The molecule has 0 aliphatic carbocycles. The Labute approximate surface area is 879 Å². The van der Waals surface area contributed by atoms with E-state index in [0.717, 1.165) is 192 Å². The summed E-state index contributed by atoms with van der Waals surface area (Å²) in [4.78, 5) is 50.7. The molecule has 5 heterocycles. The third-order valence-electron chi connectivity index (χ3n) is 22.2. The Morgan fingerprint density at radius 1 is 0.541 bits per heavy atom. The summed E-state index contributed by atoms with van der Waals surface area (Å²) in [5.74, 6) is 1.16. The van der Waals surface area contributed by atoms with Gasteiger partial charge in [0.1, 0.15) is 18.0 Å². The van der Waals surface area contributed by atoms with Gasteiger partial charge in [-0.05, 0) is 364 Å². The number of halogens is 11. The summed E-state index contributed by atoms with van der Waals surface area (Å²) in [7, 11) is 14.5. The smallest absolute Gasteiger partial charge is 1.00 e. The van der Waals surface area contributed by atoms with Gasteiger partial charge in [0.25, 0.3) is 0 Å². The summed E-state index contributed by atoms with van der Waals surface area (Å²) < 4.78 is 88.2. The van der Waals surface area contributed by atoms with Gasteiger partial charge < -0.3 is 64.7 Å². The Kier molecular flexibility index (Phi) is 56.6. The van der Waals surface area contributed by atoms with Crippen molar-refractivity contribution >= 4 is 163 Å². The summed E-state index contributed by atoms with van der Waals surface area (Å²) in [6, 6.07) is 37.5. The van der Waals surface area contributed by atoms with Crippen molar-refractivity contribution in [3.63, 3.8) is 0 Å². The molecule has 20 nitrogen and oxygen atoms in total. The number of aliphatic imine (C=N–C) groups is 1. The zero-order chi connectivity index (χ0) is 100. The predicted molar refractivity (Wildman–Crippen MR) is 562 cm³/mol. The third kappa shape index (κ3) is 45.9. The van der Waals surface area contributed by atoms with Gasteiger partial charge in [-0.1, -0.05) is 196 Å². The van der Waals surface area contributed by atoms with Crippen molar-refractivity contribution in [3.8, 4) is 0 Å². The summed E-state index contributed by atoms with van der Waals surface area (Å²) >= 11 is 44.4. The molecule has 2 saturated heterocycles. The minimum absolute atomic E-state index is 0. The van der Waals surface area contributed by atoms with Gasteiger partial charge in [-0.3, -0.25) is 9.89 Å². The van der Waals surface area contributed by atoms with Gasteiger partial charge in [-0.15, -0.1) is 0 Å². The van der Waals surface area contributed by atoms with Crippen molar-refractivity contribution in [1.29, 1.82) is 0 Å². The van der Waals surface area contributed by atoms with E-state index >= 15 is 0 Å². The molecule has 5 aliphatic rings. The van der Waals surface area contributed by atoms with Gasteiger partial charge in [0, 0.05) is 112 Å². The van der Waals surface area contributed by atoms with E-state index in [1.807, 2.05) is 70.0 Å². The van der Waals surface area contributed by atoms with E-state index in [2.05, 4.69) is 263 Å². The average molecular weight is 2160 g/mol. The van der Waals surface area contributed by atoms with Crippen LogP contribution in [0.3, 0.4) is 0 Å². The topological polar surface area (TPSA) is 205 Å². The SMILES string of the molecule is C=O.CN(C)CCc1ccc(B2OC(C)(C)C(C)(C)O2)cc1Cl.CN(C)CCc1ccc(Br)cc1Cl.C[C@H]1CC=C(OS(=O)(=O)C(F)(F)F)N(C(=O)OC(C)(C)C)C1.C[C@H]1CC=C(c2ccc(CCN(C)C)c(Cl)c2)N(C(=O)OC(C)(C)C)C1.C[C@H]1CCC(c2ccc(CCN(C)C)c(Cl)c2)=NC1.C[C@H]1CC[C@H](c2ccc(CCN(C)C)c(Cl)c2)NC1.NCCc1ccc(Br)cc1Cl.[B].[H-].[Na+]. The number of hydrogen-bond acceptors (Lipinski definition) is 18. The van der Waals surface area contributed by atoms with E-state index < -0.39 is 38.8 Å². The number of carbonyl (C=O) groups excluding carboxylic acids is 3. The number of allylic oxidation sites excluding steroid dienone is 2. The number of nitrogens with two attached hydrogens (primary N) is 1. The Morgan fingerprint density at radius 3 is 1.30 bits per heavy atom.